The van der Waals surface area contributed by atoms with Gasteiger partial charge in [0.1, 0.15) is 5.52 Å². The van der Waals surface area contributed by atoms with Crippen molar-refractivity contribution in [1.82, 2.24) is 19.9 Å². The van der Waals surface area contributed by atoms with Gasteiger partial charge < -0.3 is 4.90 Å². The molecule has 108 valence electrons. The summed E-state index contributed by atoms with van der Waals surface area (Å²) in [5, 5.41) is 7.98. The second-order valence-corrected chi connectivity index (χ2v) is 6.16. The maximum absolute atomic E-state index is 12.5. The lowest BCUT2D eigenvalue weighted by molar-refractivity contribution is 0.0757. The third kappa shape index (κ3) is 2.95. The first-order chi connectivity index (χ1) is 9.54. The molecule has 1 atom stereocenters. The molecule has 20 heavy (non-hydrogen) atoms. The fourth-order valence-corrected chi connectivity index (χ4v) is 2.77. The van der Waals surface area contributed by atoms with Gasteiger partial charge in [0.15, 0.2) is 0 Å². The van der Waals surface area contributed by atoms with Gasteiger partial charge in [0, 0.05) is 31.5 Å². The first kappa shape index (κ1) is 14.8. The summed E-state index contributed by atoms with van der Waals surface area (Å²) < 4.78 is 1.68. The Morgan fingerprint density at radius 2 is 2.25 bits per heavy atom. The molecular weight excluding hydrogens is 272 g/mol. The van der Waals surface area contributed by atoms with Crippen molar-refractivity contribution < 1.29 is 4.79 Å². The van der Waals surface area contributed by atoms with Crippen LogP contribution in [0.25, 0.3) is 11.0 Å². The quantitative estimate of drug-likeness (QED) is 0.847. The van der Waals surface area contributed by atoms with Crippen LogP contribution in [0.4, 0.5) is 0 Å². The molecule has 5 nitrogen and oxygen atoms in total. The van der Waals surface area contributed by atoms with Crippen molar-refractivity contribution in [3.63, 3.8) is 0 Å². The molecule has 2 rings (SSSR count). The van der Waals surface area contributed by atoms with Crippen molar-refractivity contribution in [1.29, 1.82) is 0 Å². The van der Waals surface area contributed by atoms with Gasteiger partial charge in [0.25, 0.3) is 5.91 Å². The highest BCUT2D eigenvalue weighted by molar-refractivity contribution is 7.99. The van der Waals surface area contributed by atoms with Crippen LogP contribution in [-0.4, -0.2) is 50.4 Å². The van der Waals surface area contributed by atoms with Crippen LogP contribution in [0.15, 0.2) is 18.2 Å². The molecule has 1 aromatic carbocycles. The average molecular weight is 292 g/mol. The number of amides is 1. The maximum Gasteiger partial charge on any atom is 0.253 e. The van der Waals surface area contributed by atoms with Crippen LogP contribution in [0.1, 0.15) is 24.2 Å². The summed E-state index contributed by atoms with van der Waals surface area (Å²) in [6.07, 6.45) is 0. The van der Waals surface area contributed by atoms with Crippen LogP contribution < -0.4 is 0 Å². The van der Waals surface area contributed by atoms with Crippen LogP contribution in [0.3, 0.4) is 0 Å². The fraction of sp³-hybridized carbons (Fsp3) is 0.500. The van der Waals surface area contributed by atoms with Gasteiger partial charge in [0.2, 0.25) is 0 Å². The van der Waals surface area contributed by atoms with E-state index in [0.717, 1.165) is 22.5 Å². The number of carbonyl (C=O) groups is 1. The number of aryl methyl sites for hydroxylation is 1. The molecule has 0 fully saturated rings. The Bertz CT molecular complexity index is 610. The SMILES string of the molecule is CCSCC(C)N(C)C(=O)c1ccc2nnn(C)c2c1. The van der Waals surface area contributed by atoms with Crippen molar-refractivity contribution in [3.05, 3.63) is 23.8 Å². The summed E-state index contributed by atoms with van der Waals surface area (Å²) in [5.74, 6) is 2.06. The first-order valence-corrected chi connectivity index (χ1v) is 7.84. The minimum absolute atomic E-state index is 0.0392. The van der Waals surface area contributed by atoms with E-state index in [0.29, 0.717) is 5.56 Å². The number of thioether (sulfide) groups is 1. The van der Waals surface area contributed by atoms with E-state index in [9.17, 15) is 4.79 Å². The summed E-state index contributed by atoms with van der Waals surface area (Å²) in [6, 6.07) is 5.73. The number of rotatable bonds is 5. The Morgan fingerprint density at radius 3 is 2.95 bits per heavy atom. The number of hydrogen-bond acceptors (Lipinski definition) is 4. The summed E-state index contributed by atoms with van der Waals surface area (Å²) >= 11 is 1.85. The molecule has 1 heterocycles. The molecule has 0 saturated heterocycles. The van der Waals surface area contributed by atoms with E-state index < -0.39 is 0 Å². The summed E-state index contributed by atoms with van der Waals surface area (Å²) in [6.45, 7) is 4.20. The van der Waals surface area contributed by atoms with Gasteiger partial charge in [-0.05, 0) is 30.9 Å². The highest BCUT2D eigenvalue weighted by atomic mass is 32.2. The Balaban J connectivity index is 2.19. The van der Waals surface area contributed by atoms with Crippen molar-refractivity contribution >= 4 is 28.7 Å². The lowest BCUT2D eigenvalue weighted by atomic mass is 10.1. The highest BCUT2D eigenvalue weighted by Gasteiger charge is 2.18. The normalized spacial score (nSPS) is 12.6. The molecule has 1 aromatic heterocycles. The van der Waals surface area contributed by atoms with E-state index >= 15 is 0 Å². The number of fused-ring (bicyclic) bond motifs is 1. The minimum Gasteiger partial charge on any atom is -0.338 e. The van der Waals surface area contributed by atoms with Crippen LogP contribution in [-0.2, 0) is 7.05 Å². The molecule has 0 saturated carbocycles. The molecule has 1 unspecified atom stereocenters. The standard InChI is InChI=1S/C14H20N4OS/c1-5-20-9-10(2)17(3)14(19)11-6-7-12-13(8-11)18(4)16-15-12/h6-8,10H,5,9H2,1-4H3. The van der Waals surface area contributed by atoms with E-state index in [1.165, 1.54) is 0 Å². The zero-order valence-corrected chi connectivity index (χ0v) is 13.1. The molecule has 0 aliphatic heterocycles. The van der Waals surface area contributed by atoms with Crippen molar-refractivity contribution in [3.8, 4) is 0 Å². The molecular formula is C14H20N4OS. The van der Waals surface area contributed by atoms with E-state index in [1.807, 2.05) is 44.1 Å². The monoisotopic (exact) mass is 292 g/mol. The number of hydrogen-bond donors (Lipinski definition) is 0. The van der Waals surface area contributed by atoms with Crippen LogP contribution in [0.5, 0.6) is 0 Å². The van der Waals surface area contributed by atoms with E-state index in [-0.39, 0.29) is 11.9 Å². The minimum atomic E-state index is 0.0392. The molecule has 2 aromatic rings. The van der Waals surface area contributed by atoms with E-state index in [4.69, 9.17) is 0 Å². The lowest BCUT2D eigenvalue weighted by Gasteiger charge is -2.24. The van der Waals surface area contributed by atoms with E-state index in [1.54, 1.807) is 9.58 Å². The fourth-order valence-electron chi connectivity index (χ4n) is 1.97. The molecule has 0 spiro atoms. The molecule has 6 heteroatoms. The van der Waals surface area contributed by atoms with Gasteiger partial charge in [-0.15, -0.1) is 5.10 Å². The smallest absolute Gasteiger partial charge is 0.253 e. The summed E-state index contributed by atoms with van der Waals surface area (Å²) in [7, 11) is 3.68. The van der Waals surface area contributed by atoms with Gasteiger partial charge in [-0.3, -0.25) is 4.79 Å². The average Bonchev–Trinajstić information content (AvgIpc) is 2.84. The highest BCUT2D eigenvalue weighted by Crippen LogP contribution is 2.16. The molecule has 0 bridgehead atoms. The molecule has 0 radical (unpaired) electrons. The van der Waals surface area contributed by atoms with Crippen molar-refractivity contribution in [2.45, 2.75) is 19.9 Å². The second-order valence-electron chi connectivity index (χ2n) is 4.84. The number of aromatic nitrogens is 3. The molecule has 1 amide bonds. The number of benzene rings is 1. The van der Waals surface area contributed by atoms with E-state index in [2.05, 4.69) is 24.2 Å². The van der Waals surface area contributed by atoms with Crippen LogP contribution >= 0.6 is 11.8 Å². The topological polar surface area (TPSA) is 51.0 Å². The molecule has 0 aliphatic carbocycles. The molecule has 0 aliphatic rings. The van der Waals surface area contributed by atoms with Gasteiger partial charge in [-0.25, -0.2) is 4.68 Å². The summed E-state index contributed by atoms with van der Waals surface area (Å²) in [5.41, 5.74) is 2.36. The maximum atomic E-state index is 12.5. The van der Waals surface area contributed by atoms with Gasteiger partial charge in [-0.1, -0.05) is 12.1 Å². The third-order valence-corrected chi connectivity index (χ3v) is 4.53. The zero-order chi connectivity index (χ0) is 14.7. The Morgan fingerprint density at radius 1 is 1.50 bits per heavy atom. The lowest BCUT2D eigenvalue weighted by Crippen LogP contribution is -2.36. The predicted octanol–water partition coefficient (Wildman–Crippen LogP) is 2.18. The zero-order valence-electron chi connectivity index (χ0n) is 12.3. The van der Waals surface area contributed by atoms with Crippen LogP contribution in [0.2, 0.25) is 0 Å². The Hall–Kier alpha value is -1.56. The van der Waals surface area contributed by atoms with Gasteiger partial charge >= 0.3 is 0 Å². The predicted molar refractivity (Wildman–Crippen MR) is 83.1 cm³/mol. The Labute approximate surface area is 123 Å². The molecule has 0 N–H and O–H groups in total. The van der Waals surface area contributed by atoms with Crippen LogP contribution in [0, 0.1) is 0 Å². The second kappa shape index (κ2) is 6.26. The summed E-state index contributed by atoms with van der Waals surface area (Å²) in [4.78, 5) is 14.3. The Kier molecular flexibility index (Phi) is 4.65. The largest absolute Gasteiger partial charge is 0.338 e. The van der Waals surface area contributed by atoms with Gasteiger partial charge in [-0.2, -0.15) is 11.8 Å². The third-order valence-electron chi connectivity index (χ3n) is 3.40. The number of nitrogens with zero attached hydrogens (tertiary/aromatic N) is 4. The first-order valence-electron chi connectivity index (χ1n) is 6.69. The van der Waals surface area contributed by atoms with Crippen molar-refractivity contribution in [2.75, 3.05) is 18.6 Å². The van der Waals surface area contributed by atoms with Crippen molar-refractivity contribution in [2.24, 2.45) is 7.05 Å². The van der Waals surface area contributed by atoms with Gasteiger partial charge in [0.05, 0.1) is 5.52 Å². The number of carbonyl (C=O) groups excluding carboxylic acids is 1.